The number of hydrogen-bond acceptors (Lipinski definition) is 6. The van der Waals surface area contributed by atoms with Crippen LogP contribution in [0.5, 0.6) is 11.5 Å². The molecular formula is C20H24N2O6S. The van der Waals surface area contributed by atoms with Crippen LogP contribution in [0, 0.1) is 0 Å². The number of benzene rings is 2. The predicted molar refractivity (Wildman–Crippen MR) is 108 cm³/mol. The van der Waals surface area contributed by atoms with Crippen LogP contribution >= 0.6 is 0 Å². The van der Waals surface area contributed by atoms with Crippen molar-refractivity contribution in [1.29, 1.82) is 0 Å². The number of anilines is 1. The summed E-state index contributed by atoms with van der Waals surface area (Å²) in [5.74, 6) is 0.537. The molecule has 0 atom stereocenters. The summed E-state index contributed by atoms with van der Waals surface area (Å²) < 4.78 is 43.5. The van der Waals surface area contributed by atoms with E-state index in [2.05, 4.69) is 5.32 Å². The molecule has 0 saturated carbocycles. The third-order valence-electron chi connectivity index (χ3n) is 4.44. The lowest BCUT2D eigenvalue weighted by atomic mass is 10.2. The summed E-state index contributed by atoms with van der Waals surface area (Å²) in [7, 11) is -2.24. The van der Waals surface area contributed by atoms with Gasteiger partial charge in [0.05, 0.1) is 26.9 Å². The number of sulfonamides is 1. The molecule has 1 aliphatic rings. The SMILES string of the molecule is CCOc1ccc(NC(=O)c2ccc(OC)cc2)cc1S(=O)(=O)N1CCOCC1. The number of carbonyl (C=O) groups is 1. The molecule has 3 rings (SSSR count). The Balaban J connectivity index is 1.88. The van der Waals surface area contributed by atoms with E-state index in [1.54, 1.807) is 50.4 Å². The fraction of sp³-hybridized carbons (Fsp3) is 0.350. The quantitative estimate of drug-likeness (QED) is 0.739. The van der Waals surface area contributed by atoms with Gasteiger partial charge >= 0.3 is 0 Å². The maximum absolute atomic E-state index is 13.1. The second kappa shape index (κ2) is 9.25. The average Bonchev–Trinajstić information content (AvgIpc) is 2.75. The fourth-order valence-electron chi connectivity index (χ4n) is 2.93. The molecule has 2 aromatic rings. The molecule has 8 nitrogen and oxygen atoms in total. The zero-order chi connectivity index (χ0) is 20.9. The van der Waals surface area contributed by atoms with E-state index in [0.717, 1.165) is 0 Å². The lowest BCUT2D eigenvalue weighted by Crippen LogP contribution is -2.40. The molecule has 156 valence electrons. The summed E-state index contributed by atoms with van der Waals surface area (Å²) in [6, 6.07) is 11.2. The number of rotatable bonds is 7. The van der Waals surface area contributed by atoms with Gasteiger partial charge in [-0.15, -0.1) is 0 Å². The highest BCUT2D eigenvalue weighted by Crippen LogP contribution is 2.30. The Hall–Kier alpha value is -2.62. The lowest BCUT2D eigenvalue weighted by Gasteiger charge is -2.27. The maximum atomic E-state index is 13.1. The molecule has 0 aliphatic carbocycles. The van der Waals surface area contributed by atoms with Gasteiger partial charge in [0, 0.05) is 24.3 Å². The number of methoxy groups -OCH3 is 1. The second-order valence-electron chi connectivity index (χ2n) is 6.29. The number of nitrogens with one attached hydrogen (secondary N) is 1. The zero-order valence-corrected chi connectivity index (χ0v) is 17.2. The van der Waals surface area contributed by atoms with Gasteiger partial charge in [0.25, 0.3) is 5.91 Å². The molecule has 0 unspecified atom stereocenters. The van der Waals surface area contributed by atoms with Crippen molar-refractivity contribution >= 4 is 21.6 Å². The van der Waals surface area contributed by atoms with E-state index in [0.29, 0.717) is 36.8 Å². The highest BCUT2D eigenvalue weighted by Gasteiger charge is 2.29. The van der Waals surface area contributed by atoms with Crippen molar-refractivity contribution < 1.29 is 27.4 Å². The van der Waals surface area contributed by atoms with Gasteiger partial charge in [-0.05, 0) is 49.4 Å². The molecule has 29 heavy (non-hydrogen) atoms. The highest BCUT2D eigenvalue weighted by molar-refractivity contribution is 7.89. The number of hydrogen-bond donors (Lipinski definition) is 1. The van der Waals surface area contributed by atoms with Gasteiger partial charge in [0.1, 0.15) is 16.4 Å². The summed E-state index contributed by atoms with van der Waals surface area (Å²) in [6.07, 6.45) is 0. The Labute approximate surface area is 170 Å². The van der Waals surface area contributed by atoms with Crippen molar-refractivity contribution in [3.63, 3.8) is 0 Å². The van der Waals surface area contributed by atoms with Gasteiger partial charge in [-0.3, -0.25) is 4.79 Å². The first-order valence-corrected chi connectivity index (χ1v) is 10.7. The van der Waals surface area contributed by atoms with Crippen LogP contribution in [0.4, 0.5) is 5.69 Å². The summed E-state index contributed by atoms with van der Waals surface area (Å²) in [6.45, 7) is 3.34. The minimum atomic E-state index is -3.79. The zero-order valence-electron chi connectivity index (χ0n) is 16.4. The third-order valence-corrected chi connectivity index (χ3v) is 6.36. The second-order valence-corrected chi connectivity index (χ2v) is 8.20. The monoisotopic (exact) mass is 420 g/mol. The molecule has 0 aromatic heterocycles. The molecule has 1 amide bonds. The lowest BCUT2D eigenvalue weighted by molar-refractivity contribution is 0.0729. The van der Waals surface area contributed by atoms with Crippen molar-refractivity contribution in [3.8, 4) is 11.5 Å². The molecule has 1 saturated heterocycles. The molecule has 1 heterocycles. The molecule has 1 fully saturated rings. The number of morpholine rings is 1. The van der Waals surface area contributed by atoms with Crippen molar-refractivity contribution in [2.75, 3.05) is 45.3 Å². The van der Waals surface area contributed by atoms with Gasteiger partial charge in [-0.25, -0.2) is 8.42 Å². The Morgan fingerprint density at radius 2 is 1.83 bits per heavy atom. The van der Waals surface area contributed by atoms with E-state index in [9.17, 15) is 13.2 Å². The maximum Gasteiger partial charge on any atom is 0.255 e. The molecule has 1 N–H and O–H groups in total. The summed E-state index contributed by atoms with van der Waals surface area (Å²) in [5, 5.41) is 2.74. The van der Waals surface area contributed by atoms with E-state index < -0.39 is 10.0 Å². The summed E-state index contributed by atoms with van der Waals surface area (Å²) >= 11 is 0. The molecule has 0 bridgehead atoms. The van der Waals surface area contributed by atoms with Crippen LogP contribution in [-0.4, -0.2) is 58.7 Å². The molecule has 1 aliphatic heterocycles. The van der Waals surface area contributed by atoms with Gasteiger partial charge in [-0.1, -0.05) is 0 Å². The van der Waals surface area contributed by atoms with Crippen molar-refractivity contribution in [2.45, 2.75) is 11.8 Å². The Morgan fingerprint density at radius 3 is 2.45 bits per heavy atom. The Kier molecular flexibility index (Phi) is 6.73. The van der Waals surface area contributed by atoms with Crippen molar-refractivity contribution in [3.05, 3.63) is 48.0 Å². The van der Waals surface area contributed by atoms with Crippen LogP contribution < -0.4 is 14.8 Å². The van der Waals surface area contributed by atoms with Crippen molar-refractivity contribution in [2.24, 2.45) is 0 Å². The van der Waals surface area contributed by atoms with Crippen LogP contribution in [-0.2, 0) is 14.8 Å². The fourth-order valence-corrected chi connectivity index (χ4v) is 4.50. The van der Waals surface area contributed by atoms with Gasteiger partial charge in [-0.2, -0.15) is 4.31 Å². The first-order valence-electron chi connectivity index (χ1n) is 9.26. The number of ether oxygens (including phenoxy) is 3. The average molecular weight is 420 g/mol. The van der Waals surface area contributed by atoms with Crippen LogP contribution in [0.2, 0.25) is 0 Å². The van der Waals surface area contributed by atoms with E-state index in [1.165, 1.54) is 10.4 Å². The predicted octanol–water partition coefficient (Wildman–Crippen LogP) is 2.37. The van der Waals surface area contributed by atoms with Crippen LogP contribution in [0.15, 0.2) is 47.4 Å². The summed E-state index contributed by atoms with van der Waals surface area (Å²) in [5.41, 5.74) is 0.790. The third kappa shape index (κ3) is 4.87. The van der Waals surface area contributed by atoms with Crippen LogP contribution in [0.25, 0.3) is 0 Å². The van der Waals surface area contributed by atoms with Gasteiger partial charge < -0.3 is 19.5 Å². The minimum absolute atomic E-state index is 0.0220. The smallest absolute Gasteiger partial charge is 0.255 e. The molecule has 2 aromatic carbocycles. The first kappa shape index (κ1) is 21.1. The standard InChI is InChI=1S/C20H24N2O6S/c1-3-28-18-9-6-16(21-20(23)15-4-7-17(26-2)8-5-15)14-19(18)29(24,25)22-10-12-27-13-11-22/h4-9,14H,3,10-13H2,1-2H3,(H,21,23). The Morgan fingerprint density at radius 1 is 1.14 bits per heavy atom. The molecular weight excluding hydrogens is 396 g/mol. The minimum Gasteiger partial charge on any atom is -0.497 e. The molecule has 0 spiro atoms. The van der Waals surface area contributed by atoms with E-state index in [4.69, 9.17) is 14.2 Å². The van der Waals surface area contributed by atoms with Gasteiger partial charge in [0.15, 0.2) is 0 Å². The number of carbonyl (C=O) groups excluding carboxylic acids is 1. The highest BCUT2D eigenvalue weighted by atomic mass is 32.2. The topological polar surface area (TPSA) is 94.2 Å². The van der Waals surface area contributed by atoms with E-state index in [-0.39, 0.29) is 29.6 Å². The van der Waals surface area contributed by atoms with Gasteiger partial charge in [0.2, 0.25) is 10.0 Å². The molecule has 0 radical (unpaired) electrons. The van der Waals surface area contributed by atoms with E-state index in [1.807, 2.05) is 0 Å². The molecule has 9 heteroatoms. The van der Waals surface area contributed by atoms with Crippen molar-refractivity contribution in [1.82, 2.24) is 4.31 Å². The largest absolute Gasteiger partial charge is 0.497 e. The Bertz CT molecular complexity index is 953. The number of nitrogens with zero attached hydrogens (tertiary/aromatic N) is 1. The summed E-state index contributed by atoms with van der Waals surface area (Å²) in [4.78, 5) is 12.5. The normalized spacial score (nSPS) is 15.0. The van der Waals surface area contributed by atoms with E-state index >= 15 is 0 Å². The number of amides is 1. The first-order chi connectivity index (χ1) is 14.0. The van der Waals surface area contributed by atoms with Crippen LogP contribution in [0.3, 0.4) is 0 Å². The van der Waals surface area contributed by atoms with Crippen LogP contribution in [0.1, 0.15) is 17.3 Å².